The SMILES string of the molecule is CC1CC1NC(=O)C(CC(=O)O)NC(=O)OCC1c2ccccc2-c2ccccc21. The molecule has 156 valence electrons. The molecule has 2 aromatic rings. The zero-order valence-corrected chi connectivity index (χ0v) is 16.6. The van der Waals surface area contributed by atoms with E-state index in [1.807, 2.05) is 55.5 Å². The molecule has 4 rings (SSSR count). The molecule has 7 heteroatoms. The predicted molar refractivity (Wildman–Crippen MR) is 110 cm³/mol. The fourth-order valence-corrected chi connectivity index (χ4v) is 3.97. The maximum absolute atomic E-state index is 12.4. The van der Waals surface area contributed by atoms with E-state index < -0.39 is 30.4 Å². The Morgan fingerprint density at radius 3 is 2.17 bits per heavy atom. The van der Waals surface area contributed by atoms with Gasteiger partial charge < -0.3 is 20.5 Å². The van der Waals surface area contributed by atoms with Gasteiger partial charge in [-0.15, -0.1) is 0 Å². The van der Waals surface area contributed by atoms with E-state index in [1.54, 1.807) is 0 Å². The maximum atomic E-state index is 12.4. The van der Waals surface area contributed by atoms with Gasteiger partial charge in [-0.3, -0.25) is 9.59 Å². The topological polar surface area (TPSA) is 105 Å². The molecule has 3 atom stereocenters. The molecule has 3 N–H and O–H groups in total. The van der Waals surface area contributed by atoms with E-state index in [-0.39, 0.29) is 18.6 Å². The van der Waals surface area contributed by atoms with Crippen LogP contribution in [0.4, 0.5) is 4.79 Å². The second kappa shape index (κ2) is 8.18. The number of benzene rings is 2. The van der Waals surface area contributed by atoms with Crippen LogP contribution in [0.25, 0.3) is 11.1 Å². The molecule has 0 aromatic heterocycles. The number of amides is 2. The molecule has 2 amide bonds. The average molecular weight is 408 g/mol. The summed E-state index contributed by atoms with van der Waals surface area (Å²) in [5, 5.41) is 14.3. The van der Waals surface area contributed by atoms with Crippen LogP contribution in [0, 0.1) is 5.92 Å². The predicted octanol–water partition coefficient (Wildman–Crippen LogP) is 2.89. The van der Waals surface area contributed by atoms with Gasteiger partial charge in [0.15, 0.2) is 0 Å². The number of fused-ring (bicyclic) bond motifs is 3. The highest BCUT2D eigenvalue weighted by Gasteiger charge is 2.36. The quantitative estimate of drug-likeness (QED) is 0.653. The second-order valence-electron chi connectivity index (χ2n) is 7.95. The standard InChI is InChI=1S/C23H24N2O5/c1-13-10-19(13)24-22(28)20(11-21(26)27)25-23(29)30-12-18-16-8-4-2-6-14(16)15-7-3-5-9-17(15)18/h2-9,13,18-20H,10-12H2,1H3,(H,24,28)(H,25,29)(H,26,27). The first kappa shape index (κ1) is 19.9. The van der Waals surface area contributed by atoms with Crippen LogP contribution in [0.15, 0.2) is 48.5 Å². The maximum Gasteiger partial charge on any atom is 0.407 e. The summed E-state index contributed by atoms with van der Waals surface area (Å²) in [6.07, 6.45) is -0.449. The van der Waals surface area contributed by atoms with Gasteiger partial charge in [0.25, 0.3) is 0 Å². The molecule has 2 aromatic carbocycles. The summed E-state index contributed by atoms with van der Waals surface area (Å²) in [7, 11) is 0. The number of carboxylic acid groups (broad SMARTS) is 1. The lowest BCUT2D eigenvalue weighted by molar-refractivity contribution is -0.139. The van der Waals surface area contributed by atoms with Crippen molar-refractivity contribution in [1.82, 2.24) is 10.6 Å². The van der Waals surface area contributed by atoms with Crippen molar-refractivity contribution in [1.29, 1.82) is 0 Å². The van der Waals surface area contributed by atoms with Crippen molar-refractivity contribution in [3.63, 3.8) is 0 Å². The van der Waals surface area contributed by atoms with Crippen LogP contribution >= 0.6 is 0 Å². The van der Waals surface area contributed by atoms with E-state index in [2.05, 4.69) is 10.6 Å². The number of aliphatic carboxylic acids is 1. The van der Waals surface area contributed by atoms with Gasteiger partial charge >= 0.3 is 12.1 Å². The van der Waals surface area contributed by atoms with Gasteiger partial charge in [0.05, 0.1) is 6.42 Å². The average Bonchev–Trinajstić information content (AvgIpc) is 3.31. The third-order valence-corrected chi connectivity index (χ3v) is 5.77. The Labute approximate surface area is 174 Å². The number of carboxylic acids is 1. The summed E-state index contributed by atoms with van der Waals surface area (Å²) in [6.45, 7) is 2.09. The first-order valence-electron chi connectivity index (χ1n) is 10.1. The molecule has 1 fully saturated rings. The Balaban J connectivity index is 1.41. The van der Waals surface area contributed by atoms with E-state index in [0.29, 0.717) is 5.92 Å². The van der Waals surface area contributed by atoms with Crippen molar-refractivity contribution < 1.29 is 24.2 Å². The monoisotopic (exact) mass is 408 g/mol. The lowest BCUT2D eigenvalue weighted by atomic mass is 9.98. The molecule has 0 spiro atoms. The molecule has 0 bridgehead atoms. The minimum Gasteiger partial charge on any atom is -0.481 e. The minimum absolute atomic E-state index is 0.0399. The molecule has 0 saturated heterocycles. The van der Waals surface area contributed by atoms with Crippen LogP contribution in [0.2, 0.25) is 0 Å². The molecule has 2 aliphatic rings. The van der Waals surface area contributed by atoms with Crippen molar-refractivity contribution in [3.8, 4) is 11.1 Å². The Kier molecular flexibility index (Phi) is 5.44. The zero-order valence-electron chi connectivity index (χ0n) is 16.6. The summed E-state index contributed by atoms with van der Waals surface area (Å²) in [6, 6.07) is 14.8. The van der Waals surface area contributed by atoms with Crippen LogP contribution in [0.3, 0.4) is 0 Å². The smallest absolute Gasteiger partial charge is 0.407 e. The number of carbonyl (C=O) groups is 3. The van der Waals surface area contributed by atoms with Crippen molar-refractivity contribution in [2.24, 2.45) is 5.92 Å². The Hall–Kier alpha value is -3.35. The summed E-state index contributed by atoms with van der Waals surface area (Å²) >= 11 is 0. The van der Waals surface area contributed by atoms with Gasteiger partial charge in [-0.05, 0) is 34.6 Å². The molecule has 1 saturated carbocycles. The third-order valence-electron chi connectivity index (χ3n) is 5.77. The van der Waals surface area contributed by atoms with E-state index in [9.17, 15) is 14.4 Å². The van der Waals surface area contributed by atoms with E-state index >= 15 is 0 Å². The number of hydrogen-bond acceptors (Lipinski definition) is 4. The van der Waals surface area contributed by atoms with Crippen LogP contribution in [0.5, 0.6) is 0 Å². The van der Waals surface area contributed by atoms with Gasteiger partial charge in [-0.25, -0.2) is 4.79 Å². The number of carbonyl (C=O) groups excluding carboxylic acids is 2. The van der Waals surface area contributed by atoms with Gasteiger partial charge in [0.1, 0.15) is 12.6 Å². The highest BCUT2D eigenvalue weighted by atomic mass is 16.5. The van der Waals surface area contributed by atoms with Crippen LogP contribution < -0.4 is 10.6 Å². The molecule has 0 heterocycles. The normalized spacial score (nSPS) is 19.9. The Bertz CT molecular complexity index is 944. The highest BCUT2D eigenvalue weighted by molar-refractivity contribution is 5.89. The second-order valence-corrected chi connectivity index (χ2v) is 7.95. The van der Waals surface area contributed by atoms with Crippen molar-refractivity contribution >= 4 is 18.0 Å². The van der Waals surface area contributed by atoms with E-state index in [4.69, 9.17) is 9.84 Å². The van der Waals surface area contributed by atoms with Gasteiger partial charge in [-0.1, -0.05) is 55.5 Å². The molecular formula is C23H24N2O5. The molecule has 2 aliphatic carbocycles. The van der Waals surface area contributed by atoms with Crippen molar-refractivity contribution in [2.45, 2.75) is 37.8 Å². The Morgan fingerprint density at radius 2 is 1.63 bits per heavy atom. The zero-order chi connectivity index (χ0) is 21.3. The fourth-order valence-electron chi connectivity index (χ4n) is 3.97. The fraction of sp³-hybridized carbons (Fsp3) is 0.348. The number of nitrogens with one attached hydrogen (secondary N) is 2. The first-order chi connectivity index (χ1) is 14.4. The third kappa shape index (κ3) is 4.15. The van der Waals surface area contributed by atoms with Gasteiger partial charge in [0.2, 0.25) is 5.91 Å². The molecular weight excluding hydrogens is 384 g/mol. The van der Waals surface area contributed by atoms with Crippen LogP contribution in [-0.4, -0.2) is 41.8 Å². The largest absolute Gasteiger partial charge is 0.481 e. The lowest BCUT2D eigenvalue weighted by Gasteiger charge is -2.18. The first-order valence-corrected chi connectivity index (χ1v) is 10.1. The summed E-state index contributed by atoms with van der Waals surface area (Å²) < 4.78 is 5.42. The number of hydrogen-bond donors (Lipinski definition) is 3. The number of alkyl carbamates (subject to hydrolysis) is 1. The summed E-state index contributed by atoms with van der Waals surface area (Å²) in [5.74, 6) is -1.41. The van der Waals surface area contributed by atoms with Crippen molar-refractivity contribution in [3.05, 3.63) is 59.7 Å². The van der Waals surface area contributed by atoms with Crippen LogP contribution in [-0.2, 0) is 14.3 Å². The van der Waals surface area contributed by atoms with Crippen LogP contribution in [0.1, 0.15) is 36.8 Å². The minimum atomic E-state index is -1.18. The summed E-state index contributed by atoms with van der Waals surface area (Å²) in [5.41, 5.74) is 4.38. The molecule has 7 nitrogen and oxygen atoms in total. The number of rotatable bonds is 7. The highest BCUT2D eigenvalue weighted by Crippen LogP contribution is 2.44. The lowest BCUT2D eigenvalue weighted by Crippen LogP contribution is -2.49. The molecule has 0 radical (unpaired) electrons. The number of ether oxygens (including phenoxy) is 1. The molecule has 30 heavy (non-hydrogen) atoms. The van der Waals surface area contributed by atoms with E-state index in [1.165, 1.54) is 0 Å². The Morgan fingerprint density at radius 1 is 1.07 bits per heavy atom. The molecule has 3 unspecified atom stereocenters. The van der Waals surface area contributed by atoms with Crippen molar-refractivity contribution in [2.75, 3.05) is 6.61 Å². The summed E-state index contributed by atoms with van der Waals surface area (Å²) in [4.78, 5) is 35.9. The van der Waals surface area contributed by atoms with Gasteiger partial charge in [0, 0.05) is 12.0 Å². The van der Waals surface area contributed by atoms with E-state index in [0.717, 1.165) is 28.7 Å². The van der Waals surface area contributed by atoms with Gasteiger partial charge in [-0.2, -0.15) is 0 Å². The molecule has 0 aliphatic heterocycles.